The molecule has 7 nitrogen and oxygen atoms in total. The Bertz CT molecular complexity index is 1160. The van der Waals surface area contributed by atoms with Gasteiger partial charge in [-0.05, 0) is 51.0 Å². The largest absolute Gasteiger partial charge is 0.469 e. The number of carbonyl (C=O) groups is 1. The molecule has 0 saturated carbocycles. The minimum atomic E-state index is -3.89. The van der Waals surface area contributed by atoms with Gasteiger partial charge in [0.1, 0.15) is 4.90 Å². The fraction of sp³-hybridized carbons (Fsp3) is 0.368. The van der Waals surface area contributed by atoms with E-state index in [9.17, 15) is 13.2 Å². The molecule has 2 heterocycles. The Morgan fingerprint density at radius 1 is 1.25 bits per heavy atom. The zero-order valence-corrected chi connectivity index (χ0v) is 17.8. The summed E-state index contributed by atoms with van der Waals surface area (Å²) in [6, 6.07) is 6.89. The van der Waals surface area contributed by atoms with Crippen LogP contribution in [0.15, 0.2) is 29.2 Å². The summed E-state index contributed by atoms with van der Waals surface area (Å²) in [5, 5.41) is 5.50. The number of ether oxygens (including phenoxy) is 1. The third kappa shape index (κ3) is 3.54. The van der Waals surface area contributed by atoms with E-state index in [-0.39, 0.29) is 17.3 Å². The zero-order chi connectivity index (χ0) is 20.6. The first-order valence-corrected chi connectivity index (χ1v) is 10.6. The van der Waals surface area contributed by atoms with Crippen LogP contribution in [0.4, 0.5) is 0 Å². The fourth-order valence-corrected chi connectivity index (χ4v) is 5.57. The SMILES string of the molecule is COC(=O)CCCc1cc2cc(Cl)ccc2n1S(=O)(=O)c1c(C)nn(C)c1C. The number of carbonyl (C=O) groups excluding carboxylic acids is 1. The third-order valence-corrected chi connectivity index (χ3v) is 7.03. The number of aromatic nitrogens is 3. The molecule has 0 aliphatic heterocycles. The van der Waals surface area contributed by atoms with Gasteiger partial charge in [0.2, 0.25) is 0 Å². The summed E-state index contributed by atoms with van der Waals surface area (Å²) in [6.07, 6.45) is 1.08. The van der Waals surface area contributed by atoms with Crippen molar-refractivity contribution >= 4 is 38.5 Å². The summed E-state index contributed by atoms with van der Waals surface area (Å²) >= 11 is 6.10. The van der Waals surface area contributed by atoms with Gasteiger partial charge >= 0.3 is 5.97 Å². The Morgan fingerprint density at radius 3 is 2.57 bits per heavy atom. The number of methoxy groups -OCH3 is 1. The van der Waals surface area contributed by atoms with Gasteiger partial charge in [-0.25, -0.2) is 12.4 Å². The number of nitrogens with zero attached hydrogens (tertiary/aromatic N) is 3. The highest BCUT2D eigenvalue weighted by atomic mass is 35.5. The lowest BCUT2D eigenvalue weighted by Gasteiger charge is -2.12. The first kappa shape index (κ1) is 20.4. The van der Waals surface area contributed by atoms with E-state index in [0.29, 0.717) is 40.5 Å². The summed E-state index contributed by atoms with van der Waals surface area (Å²) in [7, 11) is -0.841. The number of rotatable bonds is 6. The first-order chi connectivity index (χ1) is 13.2. The Kier molecular flexibility index (Phi) is 5.54. The van der Waals surface area contributed by atoms with Crippen LogP contribution in [0.25, 0.3) is 10.9 Å². The number of esters is 1. The summed E-state index contributed by atoms with van der Waals surface area (Å²) in [4.78, 5) is 11.6. The van der Waals surface area contributed by atoms with Gasteiger partial charge in [0.25, 0.3) is 10.0 Å². The lowest BCUT2D eigenvalue weighted by Crippen LogP contribution is -2.17. The molecule has 0 atom stereocenters. The smallest absolute Gasteiger partial charge is 0.305 e. The molecule has 0 spiro atoms. The number of aryl methyl sites for hydroxylation is 3. The van der Waals surface area contributed by atoms with Gasteiger partial charge in [0, 0.05) is 29.6 Å². The van der Waals surface area contributed by atoms with Crippen LogP contribution in [-0.2, 0) is 33.0 Å². The highest BCUT2D eigenvalue weighted by Gasteiger charge is 2.29. The summed E-state index contributed by atoms with van der Waals surface area (Å²) in [5.41, 5.74) is 2.13. The predicted molar refractivity (Wildman–Crippen MR) is 107 cm³/mol. The molecule has 1 aromatic carbocycles. The average molecular weight is 424 g/mol. The average Bonchev–Trinajstić information content (AvgIpc) is 3.11. The van der Waals surface area contributed by atoms with Gasteiger partial charge in [-0.1, -0.05) is 11.6 Å². The molecule has 2 aromatic heterocycles. The Morgan fingerprint density at radius 2 is 1.96 bits per heavy atom. The number of hydrogen-bond acceptors (Lipinski definition) is 5. The van der Waals surface area contributed by atoms with Gasteiger partial charge in [-0.2, -0.15) is 5.10 Å². The van der Waals surface area contributed by atoms with Crippen molar-refractivity contribution in [3.05, 3.63) is 46.4 Å². The molecule has 3 aromatic rings. The van der Waals surface area contributed by atoms with Crippen LogP contribution >= 0.6 is 11.6 Å². The van der Waals surface area contributed by atoms with E-state index in [1.165, 1.54) is 11.1 Å². The van der Waals surface area contributed by atoms with E-state index in [1.54, 1.807) is 49.8 Å². The second-order valence-corrected chi connectivity index (χ2v) is 8.82. The molecule has 0 N–H and O–H groups in total. The Hall–Kier alpha value is -2.32. The molecule has 0 aliphatic rings. The quantitative estimate of drug-likeness (QED) is 0.567. The van der Waals surface area contributed by atoms with Gasteiger partial charge in [-0.3, -0.25) is 9.48 Å². The minimum absolute atomic E-state index is 0.191. The third-order valence-electron chi connectivity index (χ3n) is 4.77. The van der Waals surface area contributed by atoms with Crippen molar-refractivity contribution in [1.29, 1.82) is 0 Å². The maximum Gasteiger partial charge on any atom is 0.305 e. The molecule has 28 heavy (non-hydrogen) atoms. The second-order valence-electron chi connectivity index (χ2n) is 6.66. The highest BCUT2D eigenvalue weighted by molar-refractivity contribution is 7.90. The minimum Gasteiger partial charge on any atom is -0.469 e. The normalized spacial score (nSPS) is 11.9. The second kappa shape index (κ2) is 7.60. The molecule has 0 radical (unpaired) electrons. The van der Waals surface area contributed by atoms with Crippen LogP contribution in [0.5, 0.6) is 0 Å². The Labute approximate surface area is 168 Å². The van der Waals surface area contributed by atoms with Crippen LogP contribution in [0, 0.1) is 13.8 Å². The lowest BCUT2D eigenvalue weighted by molar-refractivity contribution is -0.140. The maximum absolute atomic E-state index is 13.6. The number of hydrogen-bond donors (Lipinski definition) is 0. The molecule has 0 aliphatic carbocycles. The van der Waals surface area contributed by atoms with E-state index in [2.05, 4.69) is 9.84 Å². The maximum atomic E-state index is 13.6. The lowest BCUT2D eigenvalue weighted by atomic mass is 10.2. The molecule has 0 unspecified atom stereocenters. The van der Waals surface area contributed by atoms with Crippen molar-refractivity contribution in [2.75, 3.05) is 7.11 Å². The fourth-order valence-electron chi connectivity index (χ4n) is 3.41. The molecule has 0 amide bonds. The monoisotopic (exact) mass is 423 g/mol. The molecule has 0 saturated heterocycles. The molecular formula is C19H22ClN3O4S. The van der Waals surface area contributed by atoms with E-state index < -0.39 is 10.0 Å². The summed E-state index contributed by atoms with van der Waals surface area (Å²) < 4.78 is 34.8. The van der Waals surface area contributed by atoms with E-state index in [4.69, 9.17) is 11.6 Å². The van der Waals surface area contributed by atoms with Crippen molar-refractivity contribution in [1.82, 2.24) is 13.8 Å². The van der Waals surface area contributed by atoms with Crippen molar-refractivity contribution in [2.24, 2.45) is 7.05 Å². The highest BCUT2D eigenvalue weighted by Crippen LogP contribution is 2.31. The van der Waals surface area contributed by atoms with Crippen LogP contribution < -0.4 is 0 Å². The van der Waals surface area contributed by atoms with Crippen molar-refractivity contribution in [2.45, 2.75) is 38.0 Å². The van der Waals surface area contributed by atoms with Crippen LogP contribution in [-0.4, -0.2) is 35.2 Å². The molecule has 0 fully saturated rings. The molecular weight excluding hydrogens is 402 g/mol. The van der Waals surface area contributed by atoms with E-state index in [0.717, 1.165) is 5.39 Å². The van der Waals surface area contributed by atoms with Crippen LogP contribution in [0.1, 0.15) is 29.9 Å². The predicted octanol–water partition coefficient (Wildman–Crippen LogP) is 3.38. The summed E-state index contributed by atoms with van der Waals surface area (Å²) in [6.45, 7) is 3.41. The standard InChI is InChI=1S/C19H22ClN3O4S/c1-12-19(13(2)22(3)21-12)28(25,26)23-16(6-5-7-18(24)27-4)11-14-10-15(20)8-9-17(14)23/h8-11H,5-7H2,1-4H3. The van der Waals surface area contributed by atoms with Crippen molar-refractivity contribution in [3.63, 3.8) is 0 Å². The topological polar surface area (TPSA) is 83.2 Å². The number of benzene rings is 1. The van der Waals surface area contributed by atoms with Gasteiger partial charge in [-0.15, -0.1) is 0 Å². The van der Waals surface area contributed by atoms with Crippen LogP contribution in [0.2, 0.25) is 5.02 Å². The van der Waals surface area contributed by atoms with Gasteiger partial charge in [0.05, 0.1) is 24.0 Å². The van der Waals surface area contributed by atoms with Gasteiger partial charge in [0.15, 0.2) is 0 Å². The number of fused-ring (bicyclic) bond motifs is 1. The van der Waals surface area contributed by atoms with E-state index in [1.807, 2.05) is 0 Å². The van der Waals surface area contributed by atoms with Gasteiger partial charge < -0.3 is 4.74 Å². The molecule has 0 bridgehead atoms. The summed E-state index contributed by atoms with van der Waals surface area (Å²) in [5.74, 6) is -0.326. The Balaban J connectivity index is 2.17. The number of halogens is 1. The van der Waals surface area contributed by atoms with E-state index >= 15 is 0 Å². The van der Waals surface area contributed by atoms with Crippen molar-refractivity contribution in [3.8, 4) is 0 Å². The molecule has 3 rings (SSSR count). The zero-order valence-electron chi connectivity index (χ0n) is 16.2. The van der Waals surface area contributed by atoms with Crippen molar-refractivity contribution < 1.29 is 17.9 Å². The van der Waals surface area contributed by atoms with Crippen LogP contribution in [0.3, 0.4) is 0 Å². The molecule has 150 valence electrons. The molecule has 9 heteroatoms. The first-order valence-electron chi connectivity index (χ1n) is 8.79.